The summed E-state index contributed by atoms with van der Waals surface area (Å²) < 4.78 is 42.9. The Morgan fingerprint density at radius 3 is 2.59 bits per heavy atom. The highest BCUT2D eigenvalue weighted by Crippen LogP contribution is 2.44. The molecule has 156 valence electrons. The second-order valence-electron chi connectivity index (χ2n) is 8.17. The highest BCUT2D eigenvalue weighted by Gasteiger charge is 2.55. The van der Waals surface area contributed by atoms with Crippen LogP contribution >= 0.6 is 0 Å². The van der Waals surface area contributed by atoms with E-state index in [9.17, 15) is 17.9 Å². The normalized spacial score (nSPS) is 27.6. The van der Waals surface area contributed by atoms with E-state index >= 15 is 0 Å². The minimum Gasteiger partial charge on any atom is -0.508 e. The lowest BCUT2D eigenvalue weighted by Gasteiger charge is -2.47. The van der Waals surface area contributed by atoms with Gasteiger partial charge in [-0.25, -0.2) is 4.39 Å². The molecule has 6 nitrogen and oxygen atoms in total. The van der Waals surface area contributed by atoms with Crippen LogP contribution in [0.2, 0.25) is 0 Å². The SMILES string of the molecule is C[C@H]1C[C@]2(CCN1Cc1ccc(O)cc1)CN(C)S(=O)(=O)N2c1cccc(F)c1. The van der Waals surface area contributed by atoms with E-state index in [-0.39, 0.29) is 11.8 Å². The Morgan fingerprint density at radius 2 is 1.93 bits per heavy atom. The van der Waals surface area contributed by atoms with Gasteiger partial charge >= 0.3 is 10.2 Å². The number of benzene rings is 2. The lowest BCUT2D eigenvalue weighted by atomic mass is 9.82. The van der Waals surface area contributed by atoms with Gasteiger partial charge in [-0.05, 0) is 55.7 Å². The van der Waals surface area contributed by atoms with Crippen LogP contribution in [-0.2, 0) is 16.8 Å². The van der Waals surface area contributed by atoms with Crippen molar-refractivity contribution in [3.63, 3.8) is 0 Å². The third kappa shape index (κ3) is 3.60. The van der Waals surface area contributed by atoms with Gasteiger partial charge in [0, 0.05) is 32.7 Å². The zero-order valence-corrected chi connectivity index (χ0v) is 17.4. The van der Waals surface area contributed by atoms with Crippen molar-refractivity contribution in [3.05, 3.63) is 59.9 Å². The number of hydrogen-bond donors (Lipinski definition) is 1. The summed E-state index contributed by atoms with van der Waals surface area (Å²) in [5.74, 6) is -0.204. The fraction of sp³-hybridized carbons (Fsp3) is 0.429. The topological polar surface area (TPSA) is 64.1 Å². The lowest BCUT2D eigenvalue weighted by Crippen LogP contribution is -2.57. The van der Waals surface area contributed by atoms with Crippen LogP contribution < -0.4 is 4.31 Å². The maximum Gasteiger partial charge on any atom is 0.304 e. The van der Waals surface area contributed by atoms with Crippen LogP contribution in [0.4, 0.5) is 10.1 Å². The molecule has 0 radical (unpaired) electrons. The van der Waals surface area contributed by atoms with Gasteiger partial charge < -0.3 is 5.11 Å². The summed E-state index contributed by atoms with van der Waals surface area (Å²) in [6.07, 6.45) is 1.32. The number of hydrogen-bond acceptors (Lipinski definition) is 4. The molecule has 0 unspecified atom stereocenters. The standard InChI is InChI=1S/C21H26FN3O3S/c1-16-13-21(10-11-24(16)14-17-6-8-20(26)9-7-17)15-23(2)29(27,28)25(21)19-5-3-4-18(22)12-19/h3-9,12,16,26H,10-11,13-15H2,1-2H3/t16-,21+/m0/s1. The zero-order valence-electron chi connectivity index (χ0n) is 16.6. The molecular weight excluding hydrogens is 393 g/mol. The van der Waals surface area contributed by atoms with Crippen molar-refractivity contribution in [2.75, 3.05) is 24.4 Å². The van der Waals surface area contributed by atoms with Crippen molar-refractivity contribution < 1.29 is 17.9 Å². The van der Waals surface area contributed by atoms with E-state index in [4.69, 9.17) is 0 Å². The number of aromatic hydroxyl groups is 1. The molecule has 0 saturated carbocycles. The summed E-state index contributed by atoms with van der Waals surface area (Å²) in [4.78, 5) is 2.33. The van der Waals surface area contributed by atoms with Crippen LogP contribution in [0.3, 0.4) is 0 Å². The van der Waals surface area contributed by atoms with Crippen molar-refractivity contribution in [1.29, 1.82) is 0 Å². The highest BCUT2D eigenvalue weighted by molar-refractivity contribution is 7.90. The molecule has 8 heteroatoms. The molecule has 2 aliphatic heterocycles. The molecule has 2 fully saturated rings. The first kappa shape index (κ1) is 20.1. The second kappa shape index (κ2) is 7.27. The van der Waals surface area contributed by atoms with Crippen LogP contribution in [0.1, 0.15) is 25.3 Å². The Morgan fingerprint density at radius 1 is 1.21 bits per heavy atom. The fourth-order valence-electron chi connectivity index (χ4n) is 4.71. The van der Waals surface area contributed by atoms with Gasteiger partial charge in [0.25, 0.3) is 0 Å². The Hall–Kier alpha value is -2.16. The predicted octanol–water partition coefficient (Wildman–Crippen LogP) is 2.95. The summed E-state index contributed by atoms with van der Waals surface area (Å²) in [7, 11) is -2.11. The number of likely N-dealkylation sites (tertiary alicyclic amines) is 1. The van der Waals surface area contributed by atoms with E-state index in [1.54, 1.807) is 31.3 Å². The van der Waals surface area contributed by atoms with E-state index < -0.39 is 21.6 Å². The number of nitrogens with zero attached hydrogens (tertiary/aromatic N) is 3. The molecular formula is C21H26FN3O3S. The van der Waals surface area contributed by atoms with Crippen LogP contribution in [0, 0.1) is 5.82 Å². The number of anilines is 1. The molecule has 4 rings (SSSR count). The molecule has 2 heterocycles. The Bertz CT molecular complexity index is 998. The molecule has 2 aliphatic rings. The summed E-state index contributed by atoms with van der Waals surface area (Å²) in [6.45, 7) is 3.97. The van der Waals surface area contributed by atoms with Crippen molar-refractivity contribution in [1.82, 2.24) is 9.21 Å². The third-order valence-corrected chi connectivity index (χ3v) is 8.08. The highest BCUT2D eigenvalue weighted by atomic mass is 32.2. The molecule has 2 saturated heterocycles. The van der Waals surface area contributed by atoms with Gasteiger partial charge in [0.15, 0.2) is 0 Å². The van der Waals surface area contributed by atoms with Gasteiger partial charge in [-0.1, -0.05) is 18.2 Å². The Kier molecular flexibility index (Phi) is 5.04. The maximum atomic E-state index is 13.9. The number of phenolic OH excluding ortho intramolecular Hbond substituents is 1. The van der Waals surface area contributed by atoms with E-state index in [1.807, 2.05) is 12.1 Å². The van der Waals surface area contributed by atoms with Gasteiger partial charge in [0.2, 0.25) is 0 Å². The summed E-state index contributed by atoms with van der Waals surface area (Å²) in [6, 6.07) is 13.1. The Labute approximate surface area is 171 Å². The molecule has 1 N–H and O–H groups in total. The van der Waals surface area contributed by atoms with Crippen molar-refractivity contribution in [3.8, 4) is 5.75 Å². The average Bonchev–Trinajstić information content (AvgIpc) is 2.84. The fourth-order valence-corrected chi connectivity index (χ4v) is 6.48. The molecule has 0 bridgehead atoms. The van der Waals surface area contributed by atoms with E-state index in [0.717, 1.165) is 18.7 Å². The molecule has 0 aromatic heterocycles. The van der Waals surface area contributed by atoms with Gasteiger partial charge in [0.05, 0.1) is 11.2 Å². The molecule has 0 aliphatic carbocycles. The number of phenols is 1. The lowest BCUT2D eigenvalue weighted by molar-refractivity contribution is 0.100. The molecule has 2 aromatic rings. The number of piperidine rings is 1. The summed E-state index contributed by atoms with van der Waals surface area (Å²) in [5, 5.41) is 9.48. The number of likely N-dealkylation sites (N-methyl/N-ethyl adjacent to an activating group) is 1. The first-order valence-electron chi connectivity index (χ1n) is 9.75. The number of rotatable bonds is 3. The van der Waals surface area contributed by atoms with Crippen molar-refractivity contribution >= 4 is 15.9 Å². The van der Waals surface area contributed by atoms with Crippen molar-refractivity contribution in [2.45, 2.75) is 37.9 Å². The average molecular weight is 420 g/mol. The minimum atomic E-state index is -3.69. The van der Waals surface area contributed by atoms with Crippen LogP contribution in [0.15, 0.2) is 48.5 Å². The van der Waals surface area contributed by atoms with Crippen LogP contribution in [0.5, 0.6) is 5.75 Å². The van der Waals surface area contributed by atoms with Gasteiger partial charge in [-0.3, -0.25) is 9.21 Å². The summed E-state index contributed by atoms with van der Waals surface area (Å²) >= 11 is 0. The first-order valence-corrected chi connectivity index (χ1v) is 11.2. The van der Waals surface area contributed by atoms with Crippen LogP contribution in [-0.4, -0.2) is 54.4 Å². The van der Waals surface area contributed by atoms with Gasteiger partial charge in [-0.2, -0.15) is 12.7 Å². The summed E-state index contributed by atoms with van der Waals surface area (Å²) in [5.41, 5.74) is 0.893. The van der Waals surface area contributed by atoms with Crippen molar-refractivity contribution in [2.24, 2.45) is 0 Å². The minimum absolute atomic E-state index is 0.148. The van der Waals surface area contributed by atoms with E-state index in [0.29, 0.717) is 25.1 Å². The Balaban J connectivity index is 1.61. The third-order valence-electron chi connectivity index (χ3n) is 6.10. The van der Waals surface area contributed by atoms with E-state index in [1.165, 1.54) is 20.7 Å². The quantitative estimate of drug-likeness (QED) is 0.831. The first-order chi connectivity index (χ1) is 13.7. The van der Waals surface area contributed by atoms with Gasteiger partial charge in [-0.15, -0.1) is 0 Å². The zero-order chi connectivity index (χ0) is 20.8. The molecule has 0 amide bonds. The largest absolute Gasteiger partial charge is 0.508 e. The molecule has 2 atom stereocenters. The monoisotopic (exact) mass is 419 g/mol. The molecule has 29 heavy (non-hydrogen) atoms. The van der Waals surface area contributed by atoms with Crippen LogP contribution in [0.25, 0.3) is 0 Å². The molecule has 2 aromatic carbocycles. The van der Waals surface area contributed by atoms with E-state index in [2.05, 4.69) is 11.8 Å². The second-order valence-corrected chi connectivity index (χ2v) is 10.1. The predicted molar refractivity (Wildman–Crippen MR) is 110 cm³/mol. The maximum absolute atomic E-state index is 13.9. The smallest absolute Gasteiger partial charge is 0.304 e. The van der Waals surface area contributed by atoms with Gasteiger partial charge in [0.1, 0.15) is 11.6 Å². The molecule has 1 spiro atoms. The number of halogens is 1.